The van der Waals surface area contributed by atoms with Crippen LogP contribution in [0.5, 0.6) is 0 Å². The Kier molecular flexibility index (Phi) is 4.19. The molecule has 0 radical (unpaired) electrons. The van der Waals surface area contributed by atoms with Gasteiger partial charge in [0.25, 0.3) is 0 Å². The largest absolute Gasteiger partial charge is 0.478 e. The average Bonchev–Trinajstić information content (AvgIpc) is 2.31. The van der Waals surface area contributed by atoms with Gasteiger partial charge in [0, 0.05) is 7.05 Å². The summed E-state index contributed by atoms with van der Waals surface area (Å²) in [5, 5.41) is 13.3. The fourth-order valence-electron chi connectivity index (χ4n) is 1.33. The highest BCUT2D eigenvalue weighted by Crippen LogP contribution is 2.21. The normalized spacial score (nSPS) is 11.8. The highest BCUT2D eigenvalue weighted by atomic mass is 19.1. The Hall–Kier alpha value is -2.18. The van der Waals surface area contributed by atoms with E-state index in [1.165, 1.54) is 14.0 Å². The van der Waals surface area contributed by atoms with Crippen LogP contribution in [0.1, 0.15) is 17.3 Å². The average molecular weight is 258 g/mol. The molecular formula is C11H12F2N2O3. The number of carbonyl (C=O) groups excluding carboxylic acids is 1. The molecule has 3 N–H and O–H groups in total. The molecule has 18 heavy (non-hydrogen) atoms. The van der Waals surface area contributed by atoms with E-state index in [1.807, 2.05) is 0 Å². The predicted octanol–water partition coefficient (Wildman–Crippen LogP) is 1.21. The van der Waals surface area contributed by atoms with Gasteiger partial charge in [-0.3, -0.25) is 4.79 Å². The fourth-order valence-corrected chi connectivity index (χ4v) is 1.33. The van der Waals surface area contributed by atoms with Crippen molar-refractivity contribution in [3.8, 4) is 0 Å². The van der Waals surface area contributed by atoms with E-state index >= 15 is 0 Å². The molecule has 0 bridgehead atoms. The first kappa shape index (κ1) is 13.9. The molecule has 98 valence electrons. The Balaban J connectivity index is 3.04. The molecule has 1 aromatic rings. The molecule has 0 aromatic heterocycles. The molecule has 5 nitrogen and oxygen atoms in total. The van der Waals surface area contributed by atoms with Crippen LogP contribution in [0, 0.1) is 11.6 Å². The Morgan fingerprint density at radius 2 is 1.78 bits per heavy atom. The number of carbonyl (C=O) groups is 2. The zero-order valence-electron chi connectivity index (χ0n) is 9.75. The second-order valence-corrected chi connectivity index (χ2v) is 3.60. The second-order valence-electron chi connectivity index (χ2n) is 3.60. The van der Waals surface area contributed by atoms with Gasteiger partial charge in [-0.1, -0.05) is 0 Å². The first-order valence-electron chi connectivity index (χ1n) is 5.07. The highest BCUT2D eigenvalue weighted by Gasteiger charge is 2.18. The van der Waals surface area contributed by atoms with Crippen molar-refractivity contribution in [2.24, 2.45) is 0 Å². The van der Waals surface area contributed by atoms with Crippen LogP contribution in [-0.2, 0) is 4.79 Å². The third kappa shape index (κ3) is 2.93. The topological polar surface area (TPSA) is 78.4 Å². The predicted molar refractivity (Wildman–Crippen MR) is 60.5 cm³/mol. The number of aromatic carboxylic acids is 1. The molecule has 0 heterocycles. The molecule has 0 aliphatic rings. The maximum absolute atomic E-state index is 13.5. The first-order valence-corrected chi connectivity index (χ1v) is 5.07. The van der Waals surface area contributed by atoms with E-state index in [2.05, 4.69) is 10.6 Å². The summed E-state index contributed by atoms with van der Waals surface area (Å²) in [5.74, 6) is -4.01. The van der Waals surface area contributed by atoms with Gasteiger partial charge in [-0.25, -0.2) is 13.6 Å². The van der Waals surface area contributed by atoms with E-state index in [0.717, 1.165) is 0 Å². The number of benzene rings is 1. The van der Waals surface area contributed by atoms with E-state index in [-0.39, 0.29) is 0 Å². The summed E-state index contributed by atoms with van der Waals surface area (Å²) >= 11 is 0. The SMILES string of the molecule is CNC(=O)C(C)Nc1c(F)cc(C(=O)O)cc1F. The van der Waals surface area contributed by atoms with Gasteiger partial charge in [0.15, 0.2) is 0 Å². The molecule has 0 saturated heterocycles. The smallest absolute Gasteiger partial charge is 0.335 e. The van der Waals surface area contributed by atoms with Crippen molar-refractivity contribution >= 4 is 17.6 Å². The van der Waals surface area contributed by atoms with Crippen molar-refractivity contribution in [1.29, 1.82) is 0 Å². The number of anilines is 1. The van der Waals surface area contributed by atoms with Crippen LogP contribution in [0.4, 0.5) is 14.5 Å². The van der Waals surface area contributed by atoms with Crippen molar-refractivity contribution in [1.82, 2.24) is 5.32 Å². The zero-order chi connectivity index (χ0) is 13.9. The van der Waals surface area contributed by atoms with Crippen LogP contribution in [0.15, 0.2) is 12.1 Å². The summed E-state index contributed by atoms with van der Waals surface area (Å²) in [7, 11) is 1.39. The number of amides is 1. The number of rotatable bonds is 4. The van der Waals surface area contributed by atoms with Crippen molar-refractivity contribution in [2.75, 3.05) is 12.4 Å². The van der Waals surface area contributed by atoms with E-state index in [0.29, 0.717) is 12.1 Å². The van der Waals surface area contributed by atoms with Gasteiger partial charge < -0.3 is 15.7 Å². The molecule has 0 aliphatic carbocycles. The minimum absolute atomic E-state index is 0.448. The van der Waals surface area contributed by atoms with Crippen molar-refractivity contribution in [3.63, 3.8) is 0 Å². The molecule has 0 spiro atoms. The summed E-state index contributed by atoms with van der Waals surface area (Å²) in [6, 6.07) is 0.518. The standard InChI is InChI=1S/C11H12F2N2O3/c1-5(10(16)14-2)15-9-7(12)3-6(11(17)18)4-8(9)13/h3-5,15H,1-2H3,(H,14,16)(H,17,18). The van der Waals surface area contributed by atoms with Crippen LogP contribution in [0.25, 0.3) is 0 Å². The van der Waals surface area contributed by atoms with Gasteiger partial charge in [0.2, 0.25) is 5.91 Å². The van der Waals surface area contributed by atoms with E-state index in [9.17, 15) is 18.4 Å². The molecule has 1 amide bonds. The van der Waals surface area contributed by atoms with Gasteiger partial charge in [-0.15, -0.1) is 0 Å². The molecule has 0 saturated carbocycles. The number of carboxylic acid groups (broad SMARTS) is 1. The molecule has 1 rings (SSSR count). The molecule has 1 unspecified atom stereocenters. The lowest BCUT2D eigenvalue weighted by molar-refractivity contribution is -0.121. The molecule has 7 heteroatoms. The van der Waals surface area contributed by atoms with E-state index in [1.54, 1.807) is 0 Å². The molecule has 0 aliphatic heterocycles. The Morgan fingerprint density at radius 3 is 2.17 bits per heavy atom. The van der Waals surface area contributed by atoms with Gasteiger partial charge >= 0.3 is 5.97 Å². The number of hydrogen-bond donors (Lipinski definition) is 3. The van der Waals surface area contributed by atoms with Gasteiger partial charge in [0.05, 0.1) is 5.56 Å². The lowest BCUT2D eigenvalue weighted by Gasteiger charge is -2.15. The van der Waals surface area contributed by atoms with Gasteiger partial charge in [0.1, 0.15) is 23.4 Å². The monoisotopic (exact) mass is 258 g/mol. The fraction of sp³-hybridized carbons (Fsp3) is 0.273. The van der Waals surface area contributed by atoms with Gasteiger partial charge in [-0.2, -0.15) is 0 Å². The minimum Gasteiger partial charge on any atom is -0.478 e. The number of nitrogens with one attached hydrogen (secondary N) is 2. The van der Waals surface area contributed by atoms with Crippen LogP contribution < -0.4 is 10.6 Å². The quantitative estimate of drug-likeness (QED) is 0.758. The van der Waals surface area contributed by atoms with Crippen LogP contribution in [0.3, 0.4) is 0 Å². The number of carboxylic acids is 1. The molecular weight excluding hydrogens is 246 g/mol. The third-order valence-corrected chi connectivity index (χ3v) is 2.29. The molecule has 0 fully saturated rings. The zero-order valence-corrected chi connectivity index (χ0v) is 9.75. The van der Waals surface area contributed by atoms with Crippen molar-refractivity contribution in [3.05, 3.63) is 29.3 Å². The Bertz CT molecular complexity index is 468. The minimum atomic E-state index is -1.43. The van der Waals surface area contributed by atoms with Crippen molar-refractivity contribution < 1.29 is 23.5 Å². The first-order chi connectivity index (χ1) is 8.36. The van der Waals surface area contributed by atoms with E-state index in [4.69, 9.17) is 5.11 Å². The number of halogens is 2. The summed E-state index contributed by atoms with van der Waals surface area (Å²) in [6.45, 7) is 1.42. The summed E-state index contributed by atoms with van der Waals surface area (Å²) < 4.78 is 27.0. The number of likely N-dealkylation sites (N-methyl/N-ethyl adjacent to an activating group) is 1. The summed E-state index contributed by atoms with van der Waals surface area (Å²) in [6.07, 6.45) is 0. The maximum atomic E-state index is 13.5. The molecule has 1 aromatic carbocycles. The van der Waals surface area contributed by atoms with Crippen LogP contribution >= 0.6 is 0 Å². The number of hydrogen-bond acceptors (Lipinski definition) is 3. The highest BCUT2D eigenvalue weighted by molar-refractivity contribution is 5.88. The Morgan fingerprint density at radius 1 is 1.28 bits per heavy atom. The van der Waals surface area contributed by atoms with Crippen LogP contribution in [-0.4, -0.2) is 30.1 Å². The maximum Gasteiger partial charge on any atom is 0.335 e. The summed E-state index contributed by atoms with van der Waals surface area (Å²) in [5.41, 5.74) is -1.03. The van der Waals surface area contributed by atoms with Gasteiger partial charge in [-0.05, 0) is 19.1 Å². The Labute approximate surface area is 102 Å². The van der Waals surface area contributed by atoms with Crippen molar-refractivity contribution in [2.45, 2.75) is 13.0 Å². The third-order valence-electron chi connectivity index (χ3n) is 2.29. The lowest BCUT2D eigenvalue weighted by Crippen LogP contribution is -2.35. The summed E-state index contributed by atoms with van der Waals surface area (Å²) in [4.78, 5) is 21.8. The second kappa shape index (κ2) is 5.44. The lowest BCUT2D eigenvalue weighted by atomic mass is 10.1. The molecule has 1 atom stereocenters. The van der Waals surface area contributed by atoms with E-state index < -0.39 is 40.8 Å². The van der Waals surface area contributed by atoms with Crippen LogP contribution in [0.2, 0.25) is 0 Å².